The van der Waals surface area contributed by atoms with Crippen LogP contribution in [0, 0.1) is 0 Å². The first-order valence-electron chi connectivity index (χ1n) is 9.96. The molecule has 0 radical (unpaired) electrons. The van der Waals surface area contributed by atoms with Gasteiger partial charge in [0, 0.05) is 6.54 Å². The summed E-state index contributed by atoms with van der Waals surface area (Å²) in [5.41, 5.74) is 3.09. The standard InChI is InChI=1S/C24H18N4O4/c29-23(26-12-15-9-10-21-22(11-15)32-14-31-21)16-5-1-2-6-17(16)28-24(30)20-13-25-18-7-3-4-8-19(18)27-20/h1-11,13H,12,14H2,(H,26,29)(H,28,30). The lowest BCUT2D eigenvalue weighted by molar-refractivity contribution is 0.0951. The molecule has 0 saturated heterocycles. The Balaban J connectivity index is 1.30. The molecule has 8 heteroatoms. The Morgan fingerprint density at radius 2 is 1.66 bits per heavy atom. The number of amides is 2. The second kappa shape index (κ2) is 8.35. The van der Waals surface area contributed by atoms with Crippen molar-refractivity contribution in [2.24, 2.45) is 0 Å². The first kappa shape index (κ1) is 19.5. The SMILES string of the molecule is O=C(Nc1ccccc1C(=O)NCc1ccc2c(c1)OCO2)c1cnc2ccccc2n1. The van der Waals surface area contributed by atoms with E-state index < -0.39 is 5.91 Å². The number of rotatable bonds is 5. The Hall–Kier alpha value is -4.46. The molecule has 158 valence electrons. The van der Waals surface area contributed by atoms with Crippen molar-refractivity contribution in [3.8, 4) is 11.5 Å². The summed E-state index contributed by atoms with van der Waals surface area (Å²) in [7, 11) is 0. The van der Waals surface area contributed by atoms with Crippen molar-refractivity contribution >= 4 is 28.5 Å². The molecule has 4 aromatic rings. The summed E-state index contributed by atoms with van der Waals surface area (Å²) in [4.78, 5) is 34.2. The van der Waals surface area contributed by atoms with E-state index in [9.17, 15) is 9.59 Å². The molecule has 0 aliphatic carbocycles. The molecule has 0 fully saturated rings. The molecule has 2 heterocycles. The number of ether oxygens (including phenoxy) is 2. The molecule has 3 aromatic carbocycles. The Labute approximate surface area is 183 Å². The van der Waals surface area contributed by atoms with Gasteiger partial charge in [0.05, 0.1) is 28.5 Å². The van der Waals surface area contributed by atoms with Gasteiger partial charge < -0.3 is 20.1 Å². The van der Waals surface area contributed by atoms with Gasteiger partial charge >= 0.3 is 0 Å². The van der Waals surface area contributed by atoms with Gasteiger partial charge in [0.25, 0.3) is 11.8 Å². The average Bonchev–Trinajstić information content (AvgIpc) is 3.30. The van der Waals surface area contributed by atoms with Crippen LogP contribution in [0.25, 0.3) is 11.0 Å². The van der Waals surface area contributed by atoms with Crippen molar-refractivity contribution < 1.29 is 19.1 Å². The maximum atomic E-state index is 12.8. The van der Waals surface area contributed by atoms with Crippen LogP contribution in [0.5, 0.6) is 11.5 Å². The van der Waals surface area contributed by atoms with Crippen LogP contribution >= 0.6 is 0 Å². The van der Waals surface area contributed by atoms with Crippen molar-refractivity contribution in [3.63, 3.8) is 0 Å². The van der Waals surface area contributed by atoms with Crippen molar-refractivity contribution in [1.82, 2.24) is 15.3 Å². The van der Waals surface area contributed by atoms with E-state index in [1.54, 1.807) is 30.3 Å². The highest BCUT2D eigenvalue weighted by molar-refractivity contribution is 6.08. The molecule has 0 spiro atoms. The Bertz CT molecular complexity index is 1340. The summed E-state index contributed by atoms with van der Waals surface area (Å²) >= 11 is 0. The van der Waals surface area contributed by atoms with Gasteiger partial charge in [-0.15, -0.1) is 0 Å². The highest BCUT2D eigenvalue weighted by atomic mass is 16.7. The summed E-state index contributed by atoms with van der Waals surface area (Å²) in [6, 6.07) is 19.6. The number of hydrogen-bond donors (Lipinski definition) is 2. The van der Waals surface area contributed by atoms with Gasteiger partial charge in [-0.3, -0.25) is 14.6 Å². The van der Waals surface area contributed by atoms with Gasteiger partial charge in [-0.05, 0) is 42.0 Å². The molecule has 5 rings (SSSR count). The van der Waals surface area contributed by atoms with Crippen molar-refractivity contribution in [2.45, 2.75) is 6.54 Å². The molecule has 1 aromatic heterocycles. The number of anilines is 1. The fourth-order valence-corrected chi connectivity index (χ4v) is 3.37. The van der Waals surface area contributed by atoms with E-state index in [0.717, 1.165) is 5.56 Å². The van der Waals surface area contributed by atoms with E-state index >= 15 is 0 Å². The Morgan fingerprint density at radius 3 is 2.56 bits per heavy atom. The number of carbonyl (C=O) groups is 2. The predicted molar refractivity (Wildman–Crippen MR) is 118 cm³/mol. The lowest BCUT2D eigenvalue weighted by atomic mass is 10.1. The minimum atomic E-state index is -0.445. The molecule has 0 bridgehead atoms. The van der Waals surface area contributed by atoms with E-state index in [1.807, 2.05) is 36.4 Å². The number of aromatic nitrogens is 2. The summed E-state index contributed by atoms with van der Waals surface area (Å²) < 4.78 is 10.7. The molecular formula is C24H18N4O4. The average molecular weight is 426 g/mol. The van der Waals surface area contributed by atoms with Gasteiger partial charge in [-0.2, -0.15) is 0 Å². The minimum absolute atomic E-state index is 0.166. The first-order valence-corrected chi connectivity index (χ1v) is 9.96. The Kier molecular flexibility index (Phi) is 5.09. The highest BCUT2D eigenvalue weighted by Crippen LogP contribution is 2.32. The van der Waals surface area contributed by atoms with E-state index in [0.29, 0.717) is 40.3 Å². The molecular weight excluding hydrogens is 408 g/mol. The van der Waals surface area contributed by atoms with Crippen LogP contribution in [-0.2, 0) is 6.54 Å². The van der Waals surface area contributed by atoms with Gasteiger partial charge in [0.2, 0.25) is 6.79 Å². The quantitative estimate of drug-likeness (QED) is 0.506. The third-order valence-electron chi connectivity index (χ3n) is 4.99. The monoisotopic (exact) mass is 426 g/mol. The van der Waals surface area contributed by atoms with Gasteiger partial charge in [-0.1, -0.05) is 30.3 Å². The second-order valence-electron chi connectivity index (χ2n) is 7.11. The van der Waals surface area contributed by atoms with Crippen LogP contribution in [0.3, 0.4) is 0 Å². The van der Waals surface area contributed by atoms with Crippen LogP contribution in [0.1, 0.15) is 26.4 Å². The summed E-state index contributed by atoms with van der Waals surface area (Å²) in [5, 5.41) is 5.64. The number of nitrogens with one attached hydrogen (secondary N) is 2. The predicted octanol–water partition coefficient (Wildman–Crippen LogP) is 3.54. The molecule has 2 amide bonds. The van der Waals surface area contributed by atoms with Crippen LogP contribution in [0.4, 0.5) is 5.69 Å². The van der Waals surface area contributed by atoms with Crippen LogP contribution in [-0.4, -0.2) is 28.6 Å². The fraction of sp³-hybridized carbons (Fsp3) is 0.0833. The maximum Gasteiger partial charge on any atom is 0.275 e. The molecule has 8 nitrogen and oxygen atoms in total. The van der Waals surface area contributed by atoms with Gasteiger partial charge in [0.15, 0.2) is 11.5 Å². The molecule has 0 atom stereocenters. The third-order valence-corrected chi connectivity index (χ3v) is 4.99. The lowest BCUT2D eigenvalue weighted by Crippen LogP contribution is -2.25. The van der Waals surface area contributed by atoms with Crippen LogP contribution in [0.2, 0.25) is 0 Å². The highest BCUT2D eigenvalue weighted by Gasteiger charge is 2.17. The van der Waals surface area contributed by atoms with Gasteiger partial charge in [0.1, 0.15) is 5.69 Å². The molecule has 32 heavy (non-hydrogen) atoms. The van der Waals surface area contributed by atoms with Crippen molar-refractivity contribution in [3.05, 3.63) is 89.7 Å². The molecule has 0 unspecified atom stereocenters. The zero-order valence-corrected chi connectivity index (χ0v) is 16.9. The first-order chi connectivity index (χ1) is 15.7. The topological polar surface area (TPSA) is 102 Å². The zero-order chi connectivity index (χ0) is 21.9. The number of nitrogens with zero attached hydrogens (tertiary/aromatic N) is 2. The molecule has 1 aliphatic rings. The zero-order valence-electron chi connectivity index (χ0n) is 16.9. The van der Waals surface area contributed by atoms with Crippen molar-refractivity contribution in [1.29, 1.82) is 0 Å². The maximum absolute atomic E-state index is 12.8. The molecule has 2 N–H and O–H groups in total. The summed E-state index contributed by atoms with van der Waals surface area (Å²) in [6.45, 7) is 0.494. The normalized spacial score (nSPS) is 11.9. The lowest BCUT2D eigenvalue weighted by Gasteiger charge is -2.12. The fourth-order valence-electron chi connectivity index (χ4n) is 3.37. The summed E-state index contributed by atoms with van der Waals surface area (Å²) in [5.74, 6) is 0.577. The van der Waals surface area contributed by atoms with Gasteiger partial charge in [-0.25, -0.2) is 4.98 Å². The molecule has 0 saturated carbocycles. The molecule has 1 aliphatic heterocycles. The van der Waals surface area contributed by atoms with E-state index in [2.05, 4.69) is 20.6 Å². The largest absolute Gasteiger partial charge is 0.454 e. The second-order valence-corrected chi connectivity index (χ2v) is 7.11. The number of hydrogen-bond acceptors (Lipinski definition) is 6. The number of para-hydroxylation sites is 3. The summed E-state index contributed by atoms with van der Waals surface area (Å²) in [6.07, 6.45) is 1.42. The minimum Gasteiger partial charge on any atom is -0.454 e. The smallest absolute Gasteiger partial charge is 0.275 e. The number of fused-ring (bicyclic) bond motifs is 2. The van der Waals surface area contributed by atoms with E-state index in [4.69, 9.17) is 9.47 Å². The van der Waals surface area contributed by atoms with E-state index in [-0.39, 0.29) is 18.4 Å². The third kappa shape index (κ3) is 3.93. The Morgan fingerprint density at radius 1 is 0.875 bits per heavy atom. The van der Waals surface area contributed by atoms with Crippen LogP contribution < -0.4 is 20.1 Å². The number of benzene rings is 3. The van der Waals surface area contributed by atoms with E-state index in [1.165, 1.54) is 6.20 Å². The van der Waals surface area contributed by atoms with Crippen LogP contribution in [0.15, 0.2) is 72.9 Å². The number of carbonyl (C=O) groups excluding carboxylic acids is 2. The van der Waals surface area contributed by atoms with Crippen molar-refractivity contribution in [2.75, 3.05) is 12.1 Å².